The van der Waals surface area contributed by atoms with Crippen molar-refractivity contribution in [2.24, 2.45) is 11.8 Å². The predicted molar refractivity (Wildman–Crippen MR) is 46.0 cm³/mol. The molecule has 1 aliphatic carbocycles. The van der Waals surface area contributed by atoms with Gasteiger partial charge in [0, 0.05) is 0 Å². The molecule has 0 unspecified atom stereocenters. The van der Waals surface area contributed by atoms with E-state index in [9.17, 15) is 0 Å². The zero-order valence-corrected chi connectivity index (χ0v) is 7.40. The number of rotatable bonds is 0. The highest BCUT2D eigenvalue weighted by atomic mass is 14.2. The van der Waals surface area contributed by atoms with Crippen molar-refractivity contribution < 1.29 is 0 Å². The molecule has 0 nitrogen and oxygen atoms in total. The van der Waals surface area contributed by atoms with Crippen molar-refractivity contribution in [1.82, 2.24) is 0 Å². The molecule has 0 aliphatic heterocycles. The highest BCUT2D eigenvalue weighted by Crippen LogP contribution is 2.24. The van der Waals surface area contributed by atoms with E-state index in [0.29, 0.717) is 0 Å². The Balaban J connectivity index is 2.23. The number of hydrogen-bond donors (Lipinski definition) is 0. The quantitative estimate of drug-likeness (QED) is 0.482. The first-order valence-electron chi connectivity index (χ1n) is 4.79. The second-order valence-corrected chi connectivity index (χ2v) is 4.07. The van der Waals surface area contributed by atoms with E-state index in [4.69, 9.17) is 0 Å². The SMILES string of the molecule is C[C@@H]1CCCC[C@H](C)CC1. The molecule has 1 rings (SSSR count). The first-order chi connectivity index (χ1) is 4.79. The third kappa shape index (κ3) is 2.72. The van der Waals surface area contributed by atoms with Gasteiger partial charge in [-0.05, 0) is 11.8 Å². The van der Waals surface area contributed by atoms with Gasteiger partial charge in [-0.1, -0.05) is 52.4 Å². The van der Waals surface area contributed by atoms with Crippen LogP contribution < -0.4 is 0 Å². The molecule has 1 fully saturated rings. The van der Waals surface area contributed by atoms with Crippen LogP contribution in [0, 0.1) is 11.8 Å². The normalized spacial score (nSPS) is 36.6. The molecule has 0 heteroatoms. The van der Waals surface area contributed by atoms with Crippen LogP contribution in [-0.2, 0) is 0 Å². The minimum Gasteiger partial charge on any atom is -0.0625 e. The lowest BCUT2D eigenvalue weighted by Gasteiger charge is -2.19. The van der Waals surface area contributed by atoms with Crippen LogP contribution in [0.2, 0.25) is 0 Å². The smallest absolute Gasteiger partial charge is 0.0443 e. The molecule has 1 aliphatic rings. The van der Waals surface area contributed by atoms with Crippen molar-refractivity contribution in [1.29, 1.82) is 0 Å². The van der Waals surface area contributed by atoms with E-state index in [0.717, 1.165) is 11.8 Å². The molecule has 2 atom stereocenters. The van der Waals surface area contributed by atoms with Crippen LogP contribution in [0.15, 0.2) is 0 Å². The van der Waals surface area contributed by atoms with Gasteiger partial charge < -0.3 is 0 Å². The fraction of sp³-hybridized carbons (Fsp3) is 1.00. The van der Waals surface area contributed by atoms with Crippen LogP contribution in [0.3, 0.4) is 0 Å². The minimum atomic E-state index is 1.00. The Kier molecular flexibility index (Phi) is 3.24. The van der Waals surface area contributed by atoms with Crippen LogP contribution in [0.4, 0.5) is 0 Å². The molecule has 0 saturated heterocycles. The van der Waals surface area contributed by atoms with Gasteiger partial charge in [-0.25, -0.2) is 0 Å². The highest BCUT2D eigenvalue weighted by Gasteiger charge is 2.10. The Morgan fingerprint density at radius 1 is 0.700 bits per heavy atom. The second-order valence-electron chi connectivity index (χ2n) is 4.07. The van der Waals surface area contributed by atoms with Gasteiger partial charge in [-0.3, -0.25) is 0 Å². The molecular formula is C10H20. The van der Waals surface area contributed by atoms with Crippen LogP contribution in [-0.4, -0.2) is 0 Å². The maximum atomic E-state index is 2.40. The molecule has 0 aromatic heterocycles. The van der Waals surface area contributed by atoms with Crippen molar-refractivity contribution in [3.8, 4) is 0 Å². The summed E-state index contributed by atoms with van der Waals surface area (Å²) in [7, 11) is 0. The zero-order chi connectivity index (χ0) is 7.40. The molecule has 0 heterocycles. The summed E-state index contributed by atoms with van der Waals surface area (Å²) in [6.45, 7) is 4.80. The van der Waals surface area contributed by atoms with Crippen LogP contribution in [0.25, 0.3) is 0 Å². The van der Waals surface area contributed by atoms with Gasteiger partial charge >= 0.3 is 0 Å². The summed E-state index contributed by atoms with van der Waals surface area (Å²) < 4.78 is 0. The maximum absolute atomic E-state index is 2.40. The first-order valence-corrected chi connectivity index (χ1v) is 4.79. The Hall–Kier alpha value is 0. The first kappa shape index (κ1) is 8.10. The van der Waals surface area contributed by atoms with Gasteiger partial charge in [0.25, 0.3) is 0 Å². The molecule has 0 aromatic rings. The molecule has 0 aromatic carbocycles. The summed E-state index contributed by atoms with van der Waals surface area (Å²) >= 11 is 0. The monoisotopic (exact) mass is 140 g/mol. The summed E-state index contributed by atoms with van der Waals surface area (Å²) in [5.74, 6) is 2.01. The summed E-state index contributed by atoms with van der Waals surface area (Å²) in [4.78, 5) is 0. The maximum Gasteiger partial charge on any atom is -0.0443 e. The molecule has 10 heavy (non-hydrogen) atoms. The second kappa shape index (κ2) is 4.00. The lowest BCUT2D eigenvalue weighted by Crippen LogP contribution is -2.04. The average molecular weight is 140 g/mol. The van der Waals surface area contributed by atoms with Crippen molar-refractivity contribution in [2.75, 3.05) is 0 Å². The average Bonchev–Trinajstić information content (AvgIpc) is 1.90. The largest absolute Gasteiger partial charge is 0.0625 e. The van der Waals surface area contributed by atoms with E-state index in [1.165, 1.54) is 38.5 Å². The molecule has 0 N–H and O–H groups in total. The Morgan fingerprint density at radius 2 is 1.10 bits per heavy atom. The molecular weight excluding hydrogens is 120 g/mol. The summed E-state index contributed by atoms with van der Waals surface area (Å²) in [5, 5.41) is 0. The van der Waals surface area contributed by atoms with E-state index >= 15 is 0 Å². The van der Waals surface area contributed by atoms with Crippen molar-refractivity contribution in [2.45, 2.75) is 52.4 Å². The standard InChI is InChI=1S/C10H20/c1-9-5-3-4-6-10(2)8-7-9/h9-10H,3-8H2,1-2H3/t9-,10+. The Bertz CT molecular complexity index is 74.0. The van der Waals surface area contributed by atoms with Gasteiger partial charge in [0.2, 0.25) is 0 Å². The van der Waals surface area contributed by atoms with Crippen LogP contribution in [0.5, 0.6) is 0 Å². The van der Waals surface area contributed by atoms with Crippen LogP contribution >= 0.6 is 0 Å². The topological polar surface area (TPSA) is 0 Å². The molecule has 0 radical (unpaired) electrons. The van der Waals surface area contributed by atoms with Crippen LogP contribution in [0.1, 0.15) is 52.4 Å². The molecule has 0 amide bonds. The fourth-order valence-electron chi connectivity index (χ4n) is 1.84. The van der Waals surface area contributed by atoms with Gasteiger partial charge in [0.05, 0.1) is 0 Å². The van der Waals surface area contributed by atoms with E-state index < -0.39 is 0 Å². The van der Waals surface area contributed by atoms with Gasteiger partial charge in [-0.15, -0.1) is 0 Å². The van der Waals surface area contributed by atoms with Crippen molar-refractivity contribution in [3.63, 3.8) is 0 Å². The lowest BCUT2D eigenvalue weighted by molar-refractivity contribution is 0.342. The lowest BCUT2D eigenvalue weighted by atomic mass is 9.87. The third-order valence-corrected chi connectivity index (χ3v) is 2.80. The summed E-state index contributed by atoms with van der Waals surface area (Å²) in [6, 6.07) is 0. The minimum absolute atomic E-state index is 1.00. The predicted octanol–water partition coefficient (Wildman–Crippen LogP) is 3.61. The molecule has 0 bridgehead atoms. The van der Waals surface area contributed by atoms with E-state index in [1.54, 1.807) is 0 Å². The summed E-state index contributed by atoms with van der Waals surface area (Å²) in [6.07, 6.45) is 8.86. The highest BCUT2D eigenvalue weighted by molar-refractivity contribution is 4.63. The Morgan fingerprint density at radius 3 is 1.50 bits per heavy atom. The fourth-order valence-corrected chi connectivity index (χ4v) is 1.84. The van der Waals surface area contributed by atoms with E-state index in [-0.39, 0.29) is 0 Å². The third-order valence-electron chi connectivity index (χ3n) is 2.80. The van der Waals surface area contributed by atoms with Gasteiger partial charge in [0.1, 0.15) is 0 Å². The van der Waals surface area contributed by atoms with Gasteiger partial charge in [-0.2, -0.15) is 0 Å². The summed E-state index contributed by atoms with van der Waals surface area (Å²) in [5.41, 5.74) is 0. The number of hydrogen-bond acceptors (Lipinski definition) is 0. The Labute approximate surface area is 65.0 Å². The van der Waals surface area contributed by atoms with Gasteiger partial charge in [0.15, 0.2) is 0 Å². The van der Waals surface area contributed by atoms with E-state index in [2.05, 4.69) is 13.8 Å². The van der Waals surface area contributed by atoms with Crippen molar-refractivity contribution in [3.05, 3.63) is 0 Å². The molecule has 1 saturated carbocycles. The van der Waals surface area contributed by atoms with Crippen molar-refractivity contribution >= 4 is 0 Å². The zero-order valence-electron chi connectivity index (χ0n) is 7.40. The van der Waals surface area contributed by atoms with E-state index in [1.807, 2.05) is 0 Å². The molecule has 0 spiro atoms. The molecule has 60 valence electrons.